The van der Waals surface area contributed by atoms with Gasteiger partial charge in [-0.2, -0.15) is 0 Å². The normalized spacial score (nSPS) is 21.1. The van der Waals surface area contributed by atoms with E-state index in [2.05, 4.69) is 6.07 Å². The molecule has 0 N–H and O–H groups in total. The van der Waals surface area contributed by atoms with Crippen molar-refractivity contribution in [2.45, 2.75) is 32.2 Å². The number of carbonyl (C=O) groups is 2. The number of nitrogens with zero attached hydrogens (tertiary/aromatic N) is 2. The predicted octanol–water partition coefficient (Wildman–Crippen LogP) is 4.58. The maximum absolute atomic E-state index is 13.8. The third kappa shape index (κ3) is 2.83. The average molecular weight is 415 g/mol. The highest BCUT2D eigenvalue weighted by molar-refractivity contribution is 8.01. The highest BCUT2D eigenvalue weighted by Crippen LogP contribution is 2.55. The molecule has 0 radical (unpaired) electrons. The summed E-state index contributed by atoms with van der Waals surface area (Å²) in [5.74, 6) is 0.557. The van der Waals surface area contributed by atoms with E-state index in [0.29, 0.717) is 18.1 Å². The molecule has 1 spiro atoms. The van der Waals surface area contributed by atoms with Crippen LogP contribution in [-0.4, -0.2) is 29.0 Å². The largest absolute Gasteiger partial charge is 0.315 e. The standard InChI is InChI=1S/C22H23ClN2O2S/c1-14(2)20(26)25-10-11-28-22(25)17-12-15(3)8-9-19(17)24(21(22)27)13-16-6-4-5-7-18(16)23/h4-9,12,14H,10-11,13H2,1-3H3/t22-/m1/s1. The van der Waals surface area contributed by atoms with Crippen molar-refractivity contribution in [3.63, 3.8) is 0 Å². The fourth-order valence-electron chi connectivity index (χ4n) is 4.02. The Labute approximate surface area is 174 Å². The molecule has 2 amide bonds. The zero-order chi connectivity index (χ0) is 20.1. The molecule has 2 aromatic carbocycles. The molecule has 0 unspecified atom stereocenters. The Bertz CT molecular complexity index is 961. The molecule has 1 fully saturated rings. The van der Waals surface area contributed by atoms with Crippen LogP contribution in [-0.2, 0) is 21.0 Å². The SMILES string of the molecule is Cc1ccc2c(c1)[C@@]1(SCCN1C(=O)C(C)C)C(=O)N2Cc1ccccc1Cl. The summed E-state index contributed by atoms with van der Waals surface area (Å²) in [4.78, 5) is 29.4. The summed E-state index contributed by atoms with van der Waals surface area (Å²) in [6.45, 7) is 6.76. The summed E-state index contributed by atoms with van der Waals surface area (Å²) < 4.78 is 0. The van der Waals surface area contributed by atoms with Crippen LogP contribution in [0.4, 0.5) is 5.69 Å². The van der Waals surface area contributed by atoms with Gasteiger partial charge < -0.3 is 9.80 Å². The number of benzene rings is 2. The monoisotopic (exact) mass is 414 g/mol. The average Bonchev–Trinajstić information content (AvgIpc) is 3.20. The Kier molecular flexibility index (Phi) is 4.92. The van der Waals surface area contributed by atoms with E-state index in [9.17, 15) is 9.59 Å². The number of anilines is 1. The molecule has 6 heteroatoms. The van der Waals surface area contributed by atoms with Crippen LogP contribution in [0.15, 0.2) is 42.5 Å². The van der Waals surface area contributed by atoms with E-state index in [1.165, 1.54) is 0 Å². The molecule has 1 saturated heterocycles. The quantitative estimate of drug-likeness (QED) is 0.738. The first-order valence-electron chi connectivity index (χ1n) is 9.48. The smallest absolute Gasteiger partial charge is 0.268 e. The molecule has 0 bridgehead atoms. The van der Waals surface area contributed by atoms with Crippen LogP contribution in [0.3, 0.4) is 0 Å². The minimum atomic E-state index is -0.968. The van der Waals surface area contributed by atoms with Crippen molar-refractivity contribution >= 4 is 40.9 Å². The topological polar surface area (TPSA) is 40.6 Å². The van der Waals surface area contributed by atoms with E-state index in [0.717, 1.165) is 28.1 Å². The first-order chi connectivity index (χ1) is 13.4. The highest BCUT2D eigenvalue weighted by Gasteiger charge is 2.59. The third-order valence-corrected chi connectivity index (χ3v) is 7.18. The highest BCUT2D eigenvalue weighted by atomic mass is 35.5. The van der Waals surface area contributed by atoms with Crippen LogP contribution >= 0.6 is 23.4 Å². The van der Waals surface area contributed by atoms with Crippen LogP contribution in [0.5, 0.6) is 0 Å². The second kappa shape index (κ2) is 7.12. The minimum Gasteiger partial charge on any atom is -0.315 e. The fourth-order valence-corrected chi connectivity index (χ4v) is 5.67. The minimum absolute atomic E-state index is 0.0189. The van der Waals surface area contributed by atoms with Crippen molar-refractivity contribution < 1.29 is 9.59 Å². The molecule has 0 aliphatic carbocycles. The Morgan fingerprint density at radius 2 is 2.00 bits per heavy atom. The van der Waals surface area contributed by atoms with Crippen molar-refractivity contribution in [2.75, 3.05) is 17.2 Å². The van der Waals surface area contributed by atoms with Gasteiger partial charge >= 0.3 is 0 Å². The molecule has 2 aliphatic rings. The van der Waals surface area contributed by atoms with Crippen molar-refractivity contribution in [3.8, 4) is 0 Å². The van der Waals surface area contributed by atoms with E-state index in [1.54, 1.807) is 21.6 Å². The molecule has 0 aromatic heterocycles. The number of amides is 2. The Hall–Kier alpha value is -1.98. The van der Waals surface area contributed by atoms with E-state index in [1.807, 2.05) is 57.2 Å². The van der Waals surface area contributed by atoms with Gasteiger partial charge in [0.25, 0.3) is 5.91 Å². The number of fused-ring (bicyclic) bond motifs is 2. The lowest BCUT2D eigenvalue weighted by Crippen LogP contribution is -2.51. The summed E-state index contributed by atoms with van der Waals surface area (Å²) >= 11 is 7.93. The fraction of sp³-hybridized carbons (Fsp3) is 0.364. The van der Waals surface area contributed by atoms with Gasteiger partial charge in [-0.1, -0.05) is 61.3 Å². The van der Waals surface area contributed by atoms with Gasteiger partial charge in [0.05, 0.1) is 12.2 Å². The maximum Gasteiger partial charge on any atom is 0.268 e. The van der Waals surface area contributed by atoms with E-state index >= 15 is 0 Å². The lowest BCUT2D eigenvalue weighted by molar-refractivity contribution is -0.142. The van der Waals surface area contributed by atoms with Crippen LogP contribution in [0.25, 0.3) is 0 Å². The summed E-state index contributed by atoms with van der Waals surface area (Å²) in [7, 11) is 0. The van der Waals surface area contributed by atoms with Crippen molar-refractivity contribution in [1.82, 2.24) is 4.90 Å². The molecular formula is C22H23ClN2O2S. The number of rotatable bonds is 3. The third-order valence-electron chi connectivity index (χ3n) is 5.40. The maximum atomic E-state index is 13.8. The Morgan fingerprint density at radius 1 is 1.25 bits per heavy atom. The molecule has 2 aliphatic heterocycles. The first kappa shape index (κ1) is 19.3. The zero-order valence-corrected chi connectivity index (χ0v) is 17.8. The second-order valence-corrected chi connectivity index (χ2v) is 9.34. The van der Waals surface area contributed by atoms with Crippen LogP contribution < -0.4 is 4.90 Å². The number of hydrogen-bond acceptors (Lipinski definition) is 3. The van der Waals surface area contributed by atoms with Gasteiger partial charge in [-0.3, -0.25) is 9.59 Å². The summed E-state index contributed by atoms with van der Waals surface area (Å²) in [5.41, 5.74) is 3.76. The number of carbonyl (C=O) groups excluding carboxylic acids is 2. The Morgan fingerprint density at radius 3 is 2.71 bits per heavy atom. The van der Waals surface area contributed by atoms with E-state index < -0.39 is 4.87 Å². The van der Waals surface area contributed by atoms with Gasteiger partial charge in [0.15, 0.2) is 4.87 Å². The van der Waals surface area contributed by atoms with Crippen molar-refractivity contribution in [3.05, 3.63) is 64.2 Å². The molecule has 4 rings (SSSR count). The Balaban J connectivity index is 1.84. The lowest BCUT2D eigenvalue weighted by Gasteiger charge is -2.34. The molecular weight excluding hydrogens is 392 g/mol. The van der Waals surface area contributed by atoms with Gasteiger partial charge in [-0.05, 0) is 24.6 Å². The van der Waals surface area contributed by atoms with E-state index in [-0.39, 0.29) is 17.7 Å². The van der Waals surface area contributed by atoms with Gasteiger partial charge in [0.2, 0.25) is 5.91 Å². The van der Waals surface area contributed by atoms with Crippen LogP contribution in [0.2, 0.25) is 5.02 Å². The molecule has 2 aromatic rings. The number of thioether (sulfide) groups is 1. The molecule has 28 heavy (non-hydrogen) atoms. The second-order valence-electron chi connectivity index (χ2n) is 7.64. The summed E-state index contributed by atoms with van der Waals surface area (Å²) in [6, 6.07) is 13.6. The summed E-state index contributed by atoms with van der Waals surface area (Å²) in [6.07, 6.45) is 0. The number of halogens is 1. The number of aryl methyl sites for hydroxylation is 1. The van der Waals surface area contributed by atoms with Crippen molar-refractivity contribution in [2.24, 2.45) is 5.92 Å². The predicted molar refractivity (Wildman–Crippen MR) is 115 cm³/mol. The zero-order valence-electron chi connectivity index (χ0n) is 16.2. The summed E-state index contributed by atoms with van der Waals surface area (Å²) in [5, 5.41) is 0.638. The molecule has 2 heterocycles. The first-order valence-corrected chi connectivity index (χ1v) is 10.8. The number of hydrogen-bond donors (Lipinski definition) is 0. The lowest BCUT2D eigenvalue weighted by atomic mass is 10.0. The van der Waals surface area contributed by atoms with Gasteiger partial charge in [0.1, 0.15) is 0 Å². The molecule has 1 atom stereocenters. The van der Waals surface area contributed by atoms with Gasteiger partial charge in [-0.15, -0.1) is 11.8 Å². The van der Waals surface area contributed by atoms with Gasteiger partial charge in [-0.25, -0.2) is 0 Å². The van der Waals surface area contributed by atoms with Crippen LogP contribution in [0.1, 0.15) is 30.5 Å². The molecule has 146 valence electrons. The van der Waals surface area contributed by atoms with E-state index in [4.69, 9.17) is 11.6 Å². The van der Waals surface area contributed by atoms with Crippen LogP contribution in [0, 0.1) is 12.8 Å². The molecule has 0 saturated carbocycles. The van der Waals surface area contributed by atoms with Crippen molar-refractivity contribution in [1.29, 1.82) is 0 Å². The van der Waals surface area contributed by atoms with Gasteiger partial charge in [0, 0.05) is 28.8 Å². The molecule has 4 nitrogen and oxygen atoms in total.